The number of hydrogen-bond acceptors (Lipinski definition) is 4. The van der Waals surface area contributed by atoms with Crippen molar-refractivity contribution in [2.24, 2.45) is 7.05 Å². The van der Waals surface area contributed by atoms with E-state index in [1.807, 2.05) is 13.1 Å². The molecule has 0 fully saturated rings. The van der Waals surface area contributed by atoms with Crippen molar-refractivity contribution in [3.05, 3.63) is 21.7 Å². The zero-order valence-corrected chi connectivity index (χ0v) is 14.4. The zero-order valence-electron chi connectivity index (χ0n) is 12.8. The van der Waals surface area contributed by atoms with Crippen LogP contribution in [0.15, 0.2) is 10.5 Å². The molecule has 116 valence electrons. The Hall–Kier alpha value is -1.69. The first kappa shape index (κ1) is 13.9. The SMILES string of the molecule is CC1Cc2c(c(Br)c3c(c2-c2cc(N)n(C)n2)OC(C)C3)O1. The first-order valence-electron chi connectivity index (χ1n) is 7.46. The lowest BCUT2D eigenvalue weighted by Crippen LogP contribution is -2.07. The van der Waals surface area contributed by atoms with Gasteiger partial charge in [0.2, 0.25) is 0 Å². The normalized spacial score (nSPS) is 22.2. The smallest absolute Gasteiger partial charge is 0.138 e. The summed E-state index contributed by atoms with van der Waals surface area (Å²) in [7, 11) is 1.85. The van der Waals surface area contributed by atoms with Gasteiger partial charge in [0.25, 0.3) is 0 Å². The van der Waals surface area contributed by atoms with Crippen molar-refractivity contribution >= 4 is 21.7 Å². The second-order valence-electron chi connectivity index (χ2n) is 6.15. The molecule has 0 saturated heterocycles. The Labute approximate surface area is 137 Å². The lowest BCUT2D eigenvalue weighted by Gasteiger charge is -2.13. The number of benzene rings is 1. The Bertz CT molecular complexity index is 726. The highest BCUT2D eigenvalue weighted by Crippen LogP contribution is 2.52. The fourth-order valence-electron chi connectivity index (χ4n) is 3.34. The summed E-state index contributed by atoms with van der Waals surface area (Å²) in [5, 5.41) is 4.56. The largest absolute Gasteiger partial charge is 0.489 e. The summed E-state index contributed by atoms with van der Waals surface area (Å²) in [4.78, 5) is 0. The van der Waals surface area contributed by atoms with Crippen molar-refractivity contribution < 1.29 is 9.47 Å². The van der Waals surface area contributed by atoms with Crippen LogP contribution in [0.3, 0.4) is 0 Å². The van der Waals surface area contributed by atoms with E-state index in [-0.39, 0.29) is 12.2 Å². The first-order chi connectivity index (χ1) is 10.5. The topological polar surface area (TPSA) is 62.3 Å². The molecule has 22 heavy (non-hydrogen) atoms. The van der Waals surface area contributed by atoms with Gasteiger partial charge in [-0.15, -0.1) is 0 Å². The van der Waals surface area contributed by atoms with E-state index in [1.165, 1.54) is 5.56 Å². The van der Waals surface area contributed by atoms with Crippen LogP contribution >= 0.6 is 15.9 Å². The van der Waals surface area contributed by atoms with E-state index < -0.39 is 0 Å². The highest BCUT2D eigenvalue weighted by molar-refractivity contribution is 9.10. The van der Waals surface area contributed by atoms with Crippen LogP contribution in [-0.4, -0.2) is 22.0 Å². The second kappa shape index (κ2) is 4.65. The molecule has 2 aliphatic heterocycles. The molecule has 0 saturated carbocycles. The van der Waals surface area contributed by atoms with E-state index in [9.17, 15) is 0 Å². The Morgan fingerprint density at radius 2 is 1.82 bits per heavy atom. The van der Waals surface area contributed by atoms with E-state index in [1.54, 1.807) is 4.68 Å². The molecule has 3 heterocycles. The summed E-state index contributed by atoms with van der Waals surface area (Å²) in [6.07, 6.45) is 2.04. The van der Waals surface area contributed by atoms with Crippen LogP contribution in [0.25, 0.3) is 11.3 Å². The van der Waals surface area contributed by atoms with E-state index in [0.29, 0.717) is 5.82 Å². The van der Waals surface area contributed by atoms with Gasteiger partial charge in [0.15, 0.2) is 0 Å². The number of nitrogen functional groups attached to an aromatic ring is 1. The Balaban J connectivity index is 2.02. The van der Waals surface area contributed by atoms with E-state index >= 15 is 0 Å². The van der Waals surface area contributed by atoms with E-state index in [2.05, 4.69) is 34.9 Å². The minimum Gasteiger partial charge on any atom is -0.489 e. The van der Waals surface area contributed by atoms with Gasteiger partial charge in [-0.25, -0.2) is 0 Å². The maximum absolute atomic E-state index is 6.11. The predicted octanol–water partition coefficient (Wildman–Crippen LogP) is 3.08. The summed E-state index contributed by atoms with van der Waals surface area (Å²) >= 11 is 3.71. The van der Waals surface area contributed by atoms with Gasteiger partial charge in [0, 0.05) is 37.1 Å². The summed E-state index contributed by atoms with van der Waals surface area (Å²) < 4.78 is 14.9. The minimum atomic E-state index is 0.158. The van der Waals surface area contributed by atoms with Crippen LogP contribution in [0.1, 0.15) is 25.0 Å². The number of aryl methyl sites for hydroxylation is 1. The number of anilines is 1. The van der Waals surface area contributed by atoms with Crippen LogP contribution in [-0.2, 0) is 19.9 Å². The molecule has 5 nitrogen and oxygen atoms in total. The molecule has 2 unspecified atom stereocenters. The molecule has 6 heteroatoms. The number of halogens is 1. The monoisotopic (exact) mass is 363 g/mol. The summed E-state index contributed by atoms with van der Waals surface area (Å²) in [5.41, 5.74) is 10.2. The van der Waals surface area contributed by atoms with Gasteiger partial charge < -0.3 is 15.2 Å². The number of hydrogen-bond donors (Lipinski definition) is 1. The molecular formula is C16H18BrN3O2. The van der Waals surface area contributed by atoms with Crippen LogP contribution < -0.4 is 15.2 Å². The Morgan fingerprint density at radius 3 is 2.45 bits per heavy atom. The molecule has 2 aromatic rings. The quantitative estimate of drug-likeness (QED) is 0.845. The van der Waals surface area contributed by atoms with Crippen LogP contribution in [0.2, 0.25) is 0 Å². The van der Waals surface area contributed by atoms with Crippen LogP contribution in [0, 0.1) is 0 Å². The van der Waals surface area contributed by atoms with Crippen molar-refractivity contribution in [2.45, 2.75) is 38.9 Å². The average molecular weight is 364 g/mol. The maximum atomic E-state index is 6.11. The summed E-state index contributed by atoms with van der Waals surface area (Å²) in [5.74, 6) is 2.50. The number of nitrogens with zero attached hydrogens (tertiary/aromatic N) is 2. The van der Waals surface area contributed by atoms with Crippen molar-refractivity contribution in [3.8, 4) is 22.8 Å². The molecule has 1 aromatic heterocycles. The fraction of sp³-hybridized carbons (Fsp3) is 0.438. The molecule has 0 amide bonds. The number of ether oxygens (including phenoxy) is 2. The van der Waals surface area contributed by atoms with E-state index in [4.69, 9.17) is 15.2 Å². The van der Waals surface area contributed by atoms with Crippen molar-refractivity contribution in [1.29, 1.82) is 0 Å². The molecule has 0 radical (unpaired) electrons. The van der Waals surface area contributed by atoms with Gasteiger partial charge in [-0.05, 0) is 29.8 Å². The molecular weight excluding hydrogens is 346 g/mol. The number of fused-ring (bicyclic) bond motifs is 2. The van der Waals surface area contributed by atoms with Gasteiger partial charge in [-0.3, -0.25) is 4.68 Å². The molecule has 0 bridgehead atoms. The fourth-order valence-corrected chi connectivity index (χ4v) is 4.01. The van der Waals surface area contributed by atoms with E-state index in [0.717, 1.165) is 45.6 Å². The molecule has 2 atom stereocenters. The second-order valence-corrected chi connectivity index (χ2v) is 6.94. The number of rotatable bonds is 1. The van der Waals surface area contributed by atoms with Crippen molar-refractivity contribution in [3.63, 3.8) is 0 Å². The molecule has 1 aromatic carbocycles. The molecule has 0 aliphatic carbocycles. The van der Waals surface area contributed by atoms with Gasteiger partial charge in [-0.1, -0.05) is 0 Å². The van der Waals surface area contributed by atoms with Gasteiger partial charge in [0.1, 0.15) is 29.5 Å². The van der Waals surface area contributed by atoms with Crippen LogP contribution in [0.5, 0.6) is 11.5 Å². The van der Waals surface area contributed by atoms with Crippen molar-refractivity contribution in [1.82, 2.24) is 9.78 Å². The molecule has 0 spiro atoms. The zero-order chi connectivity index (χ0) is 15.6. The third kappa shape index (κ3) is 1.86. The lowest BCUT2D eigenvalue weighted by atomic mass is 9.96. The van der Waals surface area contributed by atoms with Gasteiger partial charge in [0.05, 0.1) is 15.7 Å². The minimum absolute atomic E-state index is 0.158. The standard InChI is InChI=1S/C16H18BrN3O2/c1-7-4-9-13(11-6-12(18)20(3)19-11)15-10(5-8(2)21-15)14(17)16(9)22-7/h6-8H,4-5,18H2,1-3H3. The summed E-state index contributed by atoms with van der Waals surface area (Å²) in [6, 6.07) is 1.90. The third-order valence-electron chi connectivity index (χ3n) is 4.33. The summed E-state index contributed by atoms with van der Waals surface area (Å²) in [6.45, 7) is 4.16. The predicted molar refractivity (Wildman–Crippen MR) is 88.3 cm³/mol. The van der Waals surface area contributed by atoms with Gasteiger partial charge in [-0.2, -0.15) is 5.10 Å². The highest BCUT2D eigenvalue weighted by atomic mass is 79.9. The average Bonchev–Trinajstić information content (AvgIpc) is 3.10. The third-order valence-corrected chi connectivity index (χ3v) is 5.17. The number of aromatic nitrogens is 2. The Morgan fingerprint density at radius 1 is 1.18 bits per heavy atom. The number of nitrogens with two attached hydrogens (primary N) is 1. The molecule has 4 rings (SSSR count). The van der Waals surface area contributed by atoms with Crippen LogP contribution in [0.4, 0.5) is 5.82 Å². The molecule has 2 aliphatic rings. The first-order valence-corrected chi connectivity index (χ1v) is 8.25. The maximum Gasteiger partial charge on any atom is 0.138 e. The molecule has 2 N–H and O–H groups in total. The Kier molecular flexibility index (Phi) is 2.95. The van der Waals surface area contributed by atoms with Crippen molar-refractivity contribution in [2.75, 3.05) is 5.73 Å². The van der Waals surface area contributed by atoms with Gasteiger partial charge >= 0.3 is 0 Å². The lowest BCUT2D eigenvalue weighted by molar-refractivity contribution is 0.253. The highest BCUT2D eigenvalue weighted by Gasteiger charge is 2.36.